The minimum absolute atomic E-state index is 0.0448. The van der Waals surface area contributed by atoms with E-state index in [2.05, 4.69) is 5.32 Å². The lowest BCUT2D eigenvalue weighted by Crippen LogP contribution is -2.40. The highest BCUT2D eigenvalue weighted by atomic mass is 32.2. The third-order valence-electron chi connectivity index (χ3n) is 7.00. The van der Waals surface area contributed by atoms with Gasteiger partial charge in [-0.15, -0.1) is 11.8 Å². The first kappa shape index (κ1) is 27.3. The van der Waals surface area contributed by atoms with Gasteiger partial charge >= 0.3 is 0 Å². The van der Waals surface area contributed by atoms with Crippen molar-refractivity contribution in [2.24, 2.45) is 0 Å². The number of carbonyl (C=O) groups is 2. The number of nitrogens with zero attached hydrogens (tertiary/aromatic N) is 3. The number of rotatable bonds is 7. The summed E-state index contributed by atoms with van der Waals surface area (Å²) in [6.45, 7) is -0.249. The van der Waals surface area contributed by atoms with Crippen molar-refractivity contribution in [3.8, 4) is 22.7 Å². The molecular weight excluding hydrogens is 551 g/mol. The van der Waals surface area contributed by atoms with Crippen LogP contribution in [0.2, 0.25) is 0 Å². The van der Waals surface area contributed by atoms with E-state index in [9.17, 15) is 9.59 Å². The van der Waals surface area contributed by atoms with Crippen LogP contribution < -0.4 is 15.0 Å². The van der Waals surface area contributed by atoms with Gasteiger partial charge in [-0.2, -0.15) is 5.10 Å². The van der Waals surface area contributed by atoms with Crippen LogP contribution in [0.25, 0.3) is 16.9 Å². The fraction of sp³-hybridized carbons (Fsp3) is 0.121. The third-order valence-corrected chi connectivity index (χ3v) is 8.24. The first-order valence-electron chi connectivity index (χ1n) is 13.4. The van der Waals surface area contributed by atoms with Gasteiger partial charge in [0.1, 0.15) is 23.9 Å². The lowest BCUT2D eigenvalue weighted by molar-refractivity contribution is -0.120. The molecule has 0 saturated heterocycles. The number of methoxy groups -OCH3 is 1. The molecule has 1 aliphatic heterocycles. The summed E-state index contributed by atoms with van der Waals surface area (Å²) >= 11 is 1.32. The molecule has 6 rings (SSSR count). The van der Waals surface area contributed by atoms with E-state index in [0.717, 1.165) is 5.56 Å². The summed E-state index contributed by atoms with van der Waals surface area (Å²) < 4.78 is 22.4. The maximum atomic E-state index is 15.4. The van der Waals surface area contributed by atoms with Gasteiger partial charge in [0.15, 0.2) is 0 Å². The number of para-hydroxylation sites is 1. The number of nitrogens with one attached hydrogen (secondary N) is 1. The van der Waals surface area contributed by atoms with Gasteiger partial charge in [0.2, 0.25) is 11.8 Å². The van der Waals surface area contributed by atoms with Gasteiger partial charge in [0.05, 0.1) is 29.5 Å². The number of benzene rings is 4. The Kier molecular flexibility index (Phi) is 7.74. The Bertz CT molecular complexity index is 1730. The molecule has 0 radical (unpaired) electrons. The Morgan fingerprint density at radius 3 is 2.31 bits per heavy atom. The van der Waals surface area contributed by atoms with Gasteiger partial charge < -0.3 is 10.1 Å². The zero-order chi connectivity index (χ0) is 29.1. The number of hydrogen-bond acceptors (Lipinski definition) is 5. The van der Waals surface area contributed by atoms with E-state index in [1.54, 1.807) is 54.3 Å². The molecule has 4 aromatic carbocycles. The van der Waals surface area contributed by atoms with E-state index in [0.29, 0.717) is 39.8 Å². The summed E-state index contributed by atoms with van der Waals surface area (Å²) in [4.78, 5) is 28.6. The van der Waals surface area contributed by atoms with Crippen LogP contribution in [0.1, 0.15) is 16.4 Å². The van der Waals surface area contributed by atoms with E-state index in [1.165, 1.54) is 22.7 Å². The van der Waals surface area contributed by atoms with Crippen LogP contribution in [0.3, 0.4) is 0 Å². The Morgan fingerprint density at radius 2 is 1.62 bits per heavy atom. The molecule has 9 heteroatoms. The Balaban J connectivity index is 1.57. The lowest BCUT2D eigenvalue weighted by atomic mass is 9.99. The normalized spacial score (nSPS) is 14.7. The quantitative estimate of drug-likeness (QED) is 0.239. The van der Waals surface area contributed by atoms with Crippen LogP contribution in [0.15, 0.2) is 109 Å². The molecule has 210 valence electrons. The molecule has 0 fully saturated rings. The van der Waals surface area contributed by atoms with Crippen LogP contribution in [0, 0.1) is 5.82 Å². The molecule has 1 N–H and O–H groups in total. The number of amides is 2. The smallest absolute Gasteiger partial charge is 0.244 e. The summed E-state index contributed by atoms with van der Waals surface area (Å²) in [6, 6.07) is 32.5. The Hall–Kier alpha value is -4.89. The molecule has 42 heavy (non-hydrogen) atoms. The fourth-order valence-corrected chi connectivity index (χ4v) is 6.25. The number of ether oxygens (including phenoxy) is 1. The van der Waals surface area contributed by atoms with Gasteiger partial charge in [-0.05, 0) is 42.5 Å². The van der Waals surface area contributed by atoms with Crippen LogP contribution >= 0.6 is 11.8 Å². The van der Waals surface area contributed by atoms with Crippen molar-refractivity contribution in [1.82, 2.24) is 9.78 Å². The summed E-state index contributed by atoms with van der Waals surface area (Å²) in [5.41, 5.74) is 3.80. The molecular formula is C33H27FN4O3S. The summed E-state index contributed by atoms with van der Waals surface area (Å²) in [5.74, 6) is 0.111. The molecule has 1 aromatic heterocycles. The minimum atomic E-state index is -0.561. The van der Waals surface area contributed by atoms with Crippen LogP contribution in [-0.2, 0) is 9.59 Å². The van der Waals surface area contributed by atoms with Crippen molar-refractivity contribution < 1.29 is 18.7 Å². The number of fused-ring (bicyclic) bond motifs is 1. The second-order valence-electron chi connectivity index (χ2n) is 9.67. The molecule has 1 atom stereocenters. The standard InChI is InChI=1S/C33H27FN4O3S/c1-41-25-18-16-24(17-19-25)38-33-30(31(36-38)22-10-4-2-5-11-22)32(26-14-8-9-15-27(26)34)42-21-29(40)37(33)20-28(39)35-23-12-6-3-7-13-23/h2-19,32H,20-21H2,1H3,(H,35,39)/t32-/m0/s1. The zero-order valence-electron chi connectivity index (χ0n) is 22.7. The highest BCUT2D eigenvalue weighted by Crippen LogP contribution is 2.49. The predicted molar refractivity (Wildman–Crippen MR) is 164 cm³/mol. The first-order valence-corrected chi connectivity index (χ1v) is 14.4. The molecule has 7 nitrogen and oxygen atoms in total. The molecule has 2 amide bonds. The SMILES string of the molecule is COc1ccc(-n2nc(-c3ccccc3)c3c2N(CC(=O)Nc2ccccc2)C(=O)CS[C@H]3c2ccccc2F)cc1. The molecule has 5 aromatic rings. The van der Waals surface area contributed by atoms with Crippen molar-refractivity contribution in [2.75, 3.05) is 29.6 Å². The zero-order valence-corrected chi connectivity index (χ0v) is 23.6. The first-order chi connectivity index (χ1) is 20.5. The fourth-order valence-electron chi connectivity index (χ4n) is 5.03. The van der Waals surface area contributed by atoms with E-state index >= 15 is 4.39 Å². The molecule has 0 bridgehead atoms. The van der Waals surface area contributed by atoms with Gasteiger partial charge in [-0.1, -0.05) is 66.7 Å². The van der Waals surface area contributed by atoms with Gasteiger partial charge in [0.25, 0.3) is 0 Å². The van der Waals surface area contributed by atoms with Gasteiger partial charge in [0, 0.05) is 22.4 Å². The minimum Gasteiger partial charge on any atom is -0.497 e. The number of carbonyl (C=O) groups excluding carboxylic acids is 2. The largest absolute Gasteiger partial charge is 0.497 e. The number of halogens is 1. The maximum absolute atomic E-state index is 15.4. The Labute approximate surface area is 246 Å². The highest BCUT2D eigenvalue weighted by molar-refractivity contribution is 8.00. The topological polar surface area (TPSA) is 76.5 Å². The Morgan fingerprint density at radius 1 is 0.952 bits per heavy atom. The lowest BCUT2D eigenvalue weighted by Gasteiger charge is -2.23. The predicted octanol–water partition coefficient (Wildman–Crippen LogP) is 6.49. The number of aromatic nitrogens is 2. The third kappa shape index (κ3) is 5.38. The van der Waals surface area contributed by atoms with Crippen LogP contribution in [0.5, 0.6) is 5.75 Å². The average molecular weight is 579 g/mol. The van der Waals surface area contributed by atoms with E-state index in [1.807, 2.05) is 60.7 Å². The average Bonchev–Trinajstić information content (AvgIpc) is 3.35. The maximum Gasteiger partial charge on any atom is 0.244 e. The van der Waals surface area contributed by atoms with E-state index in [4.69, 9.17) is 9.84 Å². The molecule has 1 aliphatic rings. The highest BCUT2D eigenvalue weighted by Gasteiger charge is 2.38. The van der Waals surface area contributed by atoms with Gasteiger partial charge in [-0.25, -0.2) is 9.07 Å². The van der Waals surface area contributed by atoms with Crippen LogP contribution in [0.4, 0.5) is 15.9 Å². The van der Waals surface area contributed by atoms with Crippen molar-refractivity contribution in [2.45, 2.75) is 5.25 Å². The molecule has 0 unspecified atom stereocenters. The van der Waals surface area contributed by atoms with Crippen molar-refractivity contribution >= 4 is 35.1 Å². The molecule has 0 aliphatic carbocycles. The molecule has 2 heterocycles. The number of hydrogen-bond donors (Lipinski definition) is 1. The monoisotopic (exact) mass is 578 g/mol. The summed E-state index contributed by atoms with van der Waals surface area (Å²) in [7, 11) is 1.59. The second kappa shape index (κ2) is 11.9. The summed E-state index contributed by atoms with van der Waals surface area (Å²) in [6.07, 6.45) is 0. The van der Waals surface area contributed by atoms with Gasteiger partial charge in [-0.3, -0.25) is 14.5 Å². The second-order valence-corrected chi connectivity index (χ2v) is 10.8. The van der Waals surface area contributed by atoms with Crippen molar-refractivity contribution in [3.05, 3.63) is 126 Å². The van der Waals surface area contributed by atoms with Crippen LogP contribution in [-0.4, -0.2) is 41.0 Å². The number of anilines is 2. The van der Waals surface area contributed by atoms with E-state index < -0.39 is 5.25 Å². The number of thioether (sulfide) groups is 1. The summed E-state index contributed by atoms with van der Waals surface area (Å²) in [5, 5.41) is 7.34. The molecule has 0 saturated carbocycles. The molecule has 0 spiro atoms. The van der Waals surface area contributed by atoms with Crippen molar-refractivity contribution in [3.63, 3.8) is 0 Å². The van der Waals surface area contributed by atoms with E-state index in [-0.39, 0.29) is 29.9 Å². The van der Waals surface area contributed by atoms with Crippen molar-refractivity contribution in [1.29, 1.82) is 0 Å².